The Morgan fingerprint density at radius 1 is 0.694 bits per heavy atom. The number of hydrogen-bond acceptors (Lipinski definition) is 8. The van der Waals surface area contributed by atoms with Crippen molar-refractivity contribution >= 4 is 41.3 Å². The van der Waals surface area contributed by atoms with Crippen LogP contribution in [0.2, 0.25) is 0 Å². The van der Waals surface area contributed by atoms with Gasteiger partial charge in [0.25, 0.3) is 0 Å². The van der Waals surface area contributed by atoms with Crippen LogP contribution < -0.4 is 27.4 Å². The molecule has 0 aliphatic carbocycles. The van der Waals surface area contributed by atoms with Gasteiger partial charge in [0.2, 0.25) is 29.5 Å². The number of aliphatic imine (C=N–C) groups is 1. The second-order valence-corrected chi connectivity index (χ2v) is 14.2. The molecule has 0 aromatic carbocycles. The van der Waals surface area contributed by atoms with Crippen LogP contribution in [0.25, 0.3) is 0 Å². The highest BCUT2D eigenvalue weighted by molar-refractivity contribution is 5.89. The molecule has 0 saturated heterocycles. The number of ketones is 1. The van der Waals surface area contributed by atoms with Gasteiger partial charge in [-0.2, -0.15) is 0 Å². The Morgan fingerprint density at radius 2 is 1.20 bits per heavy atom. The fourth-order valence-electron chi connectivity index (χ4n) is 4.68. The van der Waals surface area contributed by atoms with Gasteiger partial charge in [-0.3, -0.25) is 33.8 Å². The molecule has 0 aliphatic heterocycles. The summed E-state index contributed by atoms with van der Waals surface area (Å²) in [7, 11) is 0. The first kappa shape index (κ1) is 45.2. The Hall–Kier alpha value is -3.75. The molecule has 15 nitrogen and oxygen atoms in total. The van der Waals surface area contributed by atoms with Crippen molar-refractivity contribution in [2.45, 2.75) is 112 Å². The third-order valence-electron chi connectivity index (χ3n) is 7.61. The normalized spacial score (nSPS) is 12.0. The number of nitrogens with two attached hydrogens (primary N) is 2. The van der Waals surface area contributed by atoms with Crippen molar-refractivity contribution in [3.05, 3.63) is 0 Å². The number of nitrogens with zero attached hydrogens (tertiary/aromatic N) is 4. The summed E-state index contributed by atoms with van der Waals surface area (Å²) in [6.07, 6.45) is 2.36. The Kier molecular flexibility index (Phi) is 21.1. The lowest BCUT2D eigenvalue weighted by atomic mass is 9.90. The van der Waals surface area contributed by atoms with Gasteiger partial charge in [0.1, 0.15) is 0 Å². The number of hydrogen-bond donors (Lipinski definition) is 5. The van der Waals surface area contributed by atoms with Gasteiger partial charge < -0.3 is 42.1 Å². The molecule has 0 fully saturated rings. The second kappa shape index (κ2) is 22.8. The first-order chi connectivity index (χ1) is 22.7. The van der Waals surface area contributed by atoms with E-state index in [-0.39, 0.29) is 99.4 Å². The molecule has 0 heterocycles. The summed E-state index contributed by atoms with van der Waals surface area (Å²) in [5, 5.41) is 9.07. The fourth-order valence-corrected chi connectivity index (χ4v) is 4.68. The van der Waals surface area contributed by atoms with Crippen molar-refractivity contribution in [2.24, 2.45) is 21.9 Å². The zero-order chi connectivity index (χ0) is 37.8. The molecule has 0 aromatic heterocycles. The third kappa shape index (κ3) is 21.1. The number of unbranched alkanes of at least 4 members (excludes halogenated alkanes) is 1. The summed E-state index contributed by atoms with van der Waals surface area (Å²) in [6.45, 7) is 17.7. The van der Waals surface area contributed by atoms with E-state index in [1.807, 2.05) is 20.8 Å². The molecule has 5 amide bonds. The molecule has 0 bridgehead atoms. The van der Waals surface area contributed by atoms with E-state index >= 15 is 0 Å². The molecular formula is C34H65N9O6. The SMILES string of the molecule is CCC(=O)N(CCNC(C)(C)C)CC(=O)N[C@@H](CCCCN=C(N)N)CN(CC(=O)NCCN(CC(=O)C(C)(C)C)C(=O)CC)C(=O)CC. The van der Waals surface area contributed by atoms with E-state index < -0.39 is 17.4 Å². The average molecular weight is 696 g/mol. The summed E-state index contributed by atoms with van der Waals surface area (Å²) in [6, 6.07) is -0.512. The summed E-state index contributed by atoms with van der Waals surface area (Å²) < 4.78 is 0. The third-order valence-corrected chi connectivity index (χ3v) is 7.61. The van der Waals surface area contributed by atoms with Crippen molar-refractivity contribution in [1.29, 1.82) is 0 Å². The topological polar surface area (TPSA) is 213 Å². The van der Waals surface area contributed by atoms with Gasteiger partial charge in [-0.15, -0.1) is 0 Å². The number of Topliss-reactive ketones (excluding diaryl/α,β-unsaturated/α-hetero) is 1. The van der Waals surface area contributed by atoms with Crippen LogP contribution in [-0.4, -0.2) is 126 Å². The molecule has 0 aliphatic rings. The predicted octanol–water partition coefficient (Wildman–Crippen LogP) is 0.750. The number of nitrogens with one attached hydrogen (secondary N) is 3. The van der Waals surface area contributed by atoms with Crippen LogP contribution in [-0.2, 0) is 28.8 Å². The van der Waals surface area contributed by atoms with Crippen LogP contribution in [0.5, 0.6) is 0 Å². The van der Waals surface area contributed by atoms with E-state index in [9.17, 15) is 28.8 Å². The minimum atomic E-state index is -0.610. The number of guanidine groups is 1. The van der Waals surface area contributed by atoms with Crippen molar-refractivity contribution < 1.29 is 28.8 Å². The maximum absolute atomic E-state index is 13.3. The Bertz CT molecular complexity index is 1110. The number of carbonyl (C=O) groups excluding carboxylic acids is 6. The lowest BCUT2D eigenvalue weighted by molar-refractivity contribution is -0.138. The van der Waals surface area contributed by atoms with Crippen molar-refractivity contribution in [3.63, 3.8) is 0 Å². The van der Waals surface area contributed by atoms with Crippen LogP contribution >= 0.6 is 0 Å². The standard InChI is InChI=1S/C34H65N9O6/c1-10-29(47)41(22-26(44)33(4,5)6)19-17-37-27(45)23-43(31(49)12-3)21-25(15-13-14-16-38-32(35)36)40-28(46)24-42(30(48)11-2)20-18-39-34(7,8)9/h25,39H,10-24H2,1-9H3,(H,37,45)(H,40,46)(H4,35,36,38)/t25-/m0/s1. The van der Waals surface area contributed by atoms with Crippen molar-refractivity contribution in [2.75, 3.05) is 58.9 Å². The zero-order valence-corrected chi connectivity index (χ0v) is 31.6. The quantitative estimate of drug-likeness (QED) is 0.0579. The first-order valence-corrected chi connectivity index (χ1v) is 17.5. The first-order valence-electron chi connectivity index (χ1n) is 17.5. The maximum atomic E-state index is 13.3. The molecule has 0 saturated carbocycles. The molecule has 7 N–H and O–H groups in total. The molecule has 282 valence electrons. The van der Waals surface area contributed by atoms with Gasteiger partial charge in [-0.05, 0) is 40.0 Å². The molecule has 0 aromatic rings. The van der Waals surface area contributed by atoms with E-state index in [2.05, 4.69) is 20.9 Å². The van der Waals surface area contributed by atoms with Gasteiger partial charge >= 0.3 is 0 Å². The summed E-state index contributed by atoms with van der Waals surface area (Å²) >= 11 is 0. The summed E-state index contributed by atoms with van der Waals surface area (Å²) in [4.78, 5) is 85.3. The number of amides is 5. The summed E-state index contributed by atoms with van der Waals surface area (Å²) in [5.41, 5.74) is 10.1. The maximum Gasteiger partial charge on any atom is 0.239 e. The van der Waals surface area contributed by atoms with E-state index in [0.717, 1.165) is 0 Å². The van der Waals surface area contributed by atoms with Gasteiger partial charge in [0.15, 0.2) is 11.7 Å². The fraction of sp³-hybridized carbons (Fsp3) is 0.794. The Morgan fingerprint density at radius 3 is 1.71 bits per heavy atom. The smallest absolute Gasteiger partial charge is 0.239 e. The van der Waals surface area contributed by atoms with E-state index in [0.29, 0.717) is 38.9 Å². The molecule has 0 unspecified atom stereocenters. The van der Waals surface area contributed by atoms with Crippen molar-refractivity contribution in [1.82, 2.24) is 30.7 Å². The van der Waals surface area contributed by atoms with Crippen LogP contribution in [0.1, 0.15) is 101 Å². The molecule has 15 heteroatoms. The van der Waals surface area contributed by atoms with Crippen LogP contribution in [0.4, 0.5) is 0 Å². The minimum absolute atomic E-state index is 0.0137. The molecular weight excluding hydrogens is 630 g/mol. The predicted molar refractivity (Wildman–Crippen MR) is 192 cm³/mol. The van der Waals surface area contributed by atoms with E-state index in [4.69, 9.17) is 11.5 Å². The van der Waals surface area contributed by atoms with Crippen LogP contribution in [0.3, 0.4) is 0 Å². The summed E-state index contributed by atoms with van der Waals surface area (Å²) in [5.74, 6) is -1.53. The highest BCUT2D eigenvalue weighted by Gasteiger charge is 2.26. The van der Waals surface area contributed by atoms with Crippen LogP contribution in [0.15, 0.2) is 4.99 Å². The van der Waals surface area contributed by atoms with Gasteiger partial charge in [-0.25, -0.2) is 0 Å². The van der Waals surface area contributed by atoms with Gasteiger partial charge in [-0.1, -0.05) is 41.5 Å². The largest absolute Gasteiger partial charge is 0.370 e. The Balaban J connectivity index is 5.68. The van der Waals surface area contributed by atoms with E-state index in [1.165, 1.54) is 14.7 Å². The highest BCUT2D eigenvalue weighted by Crippen LogP contribution is 2.15. The van der Waals surface area contributed by atoms with Crippen molar-refractivity contribution in [3.8, 4) is 0 Å². The van der Waals surface area contributed by atoms with Gasteiger partial charge in [0, 0.05) is 75.5 Å². The van der Waals surface area contributed by atoms with Crippen LogP contribution in [0, 0.1) is 5.41 Å². The number of carbonyl (C=O) groups is 6. The highest BCUT2D eigenvalue weighted by atomic mass is 16.2. The van der Waals surface area contributed by atoms with Gasteiger partial charge in [0.05, 0.1) is 19.6 Å². The molecule has 1 atom stereocenters. The Labute approximate surface area is 293 Å². The molecule has 0 spiro atoms. The zero-order valence-electron chi connectivity index (χ0n) is 31.6. The molecule has 0 rings (SSSR count). The van der Waals surface area contributed by atoms with E-state index in [1.54, 1.807) is 41.5 Å². The number of rotatable bonds is 23. The lowest BCUT2D eigenvalue weighted by Gasteiger charge is -2.30. The molecule has 49 heavy (non-hydrogen) atoms. The lowest BCUT2D eigenvalue weighted by Crippen LogP contribution is -2.52. The molecule has 0 radical (unpaired) electrons. The minimum Gasteiger partial charge on any atom is -0.370 e. The average Bonchev–Trinajstić information content (AvgIpc) is 3.00. The monoisotopic (exact) mass is 696 g/mol. The second-order valence-electron chi connectivity index (χ2n) is 14.2.